The SMILES string of the molecule is Clc1cncc(-c2ccncc2)c1CBr. The monoisotopic (exact) mass is 282 g/mol. The second-order valence-electron chi connectivity index (χ2n) is 3.02. The van der Waals surface area contributed by atoms with Gasteiger partial charge in [-0.15, -0.1) is 0 Å². The Morgan fingerprint density at radius 2 is 1.87 bits per heavy atom. The van der Waals surface area contributed by atoms with Crippen molar-refractivity contribution in [1.82, 2.24) is 9.97 Å². The minimum atomic E-state index is 0.682. The number of pyridine rings is 2. The molecule has 0 bridgehead atoms. The van der Waals surface area contributed by atoms with Crippen LogP contribution in [0.5, 0.6) is 0 Å². The van der Waals surface area contributed by atoms with E-state index in [0.717, 1.165) is 16.7 Å². The average molecular weight is 284 g/mol. The Morgan fingerprint density at radius 3 is 2.53 bits per heavy atom. The van der Waals surface area contributed by atoms with Crippen molar-refractivity contribution in [3.05, 3.63) is 47.5 Å². The first-order chi connectivity index (χ1) is 7.33. The quantitative estimate of drug-likeness (QED) is 0.786. The molecule has 2 nitrogen and oxygen atoms in total. The van der Waals surface area contributed by atoms with Crippen molar-refractivity contribution in [3.63, 3.8) is 0 Å². The van der Waals surface area contributed by atoms with Gasteiger partial charge >= 0.3 is 0 Å². The molecule has 0 saturated carbocycles. The van der Waals surface area contributed by atoms with E-state index >= 15 is 0 Å². The molecule has 0 aliphatic carbocycles. The maximum Gasteiger partial charge on any atom is 0.0636 e. The summed E-state index contributed by atoms with van der Waals surface area (Å²) in [5.74, 6) is 0. The first kappa shape index (κ1) is 10.6. The molecule has 2 aromatic rings. The van der Waals surface area contributed by atoms with Crippen LogP contribution in [0.2, 0.25) is 5.02 Å². The zero-order valence-electron chi connectivity index (χ0n) is 7.82. The number of nitrogens with zero attached hydrogens (tertiary/aromatic N) is 2. The number of hydrogen-bond donors (Lipinski definition) is 0. The van der Waals surface area contributed by atoms with Crippen LogP contribution in [0.3, 0.4) is 0 Å². The predicted octanol–water partition coefficient (Wildman–Crippen LogP) is 3.69. The van der Waals surface area contributed by atoms with Gasteiger partial charge in [-0.25, -0.2) is 0 Å². The van der Waals surface area contributed by atoms with Crippen molar-refractivity contribution in [1.29, 1.82) is 0 Å². The molecule has 0 atom stereocenters. The van der Waals surface area contributed by atoms with Gasteiger partial charge in [0.05, 0.1) is 5.02 Å². The number of alkyl halides is 1. The molecule has 0 radical (unpaired) electrons. The van der Waals surface area contributed by atoms with Crippen molar-refractivity contribution < 1.29 is 0 Å². The average Bonchev–Trinajstić information content (AvgIpc) is 2.30. The molecule has 76 valence electrons. The third-order valence-electron chi connectivity index (χ3n) is 2.13. The Hall–Kier alpha value is -0.930. The van der Waals surface area contributed by atoms with Crippen LogP contribution in [0.1, 0.15) is 5.56 Å². The van der Waals surface area contributed by atoms with Crippen LogP contribution in [0.25, 0.3) is 11.1 Å². The van der Waals surface area contributed by atoms with E-state index in [1.54, 1.807) is 18.6 Å². The van der Waals surface area contributed by atoms with Gasteiger partial charge in [-0.05, 0) is 23.3 Å². The molecule has 4 heteroatoms. The third-order valence-corrected chi connectivity index (χ3v) is 3.02. The van der Waals surface area contributed by atoms with E-state index in [4.69, 9.17) is 11.6 Å². The van der Waals surface area contributed by atoms with Gasteiger partial charge < -0.3 is 0 Å². The topological polar surface area (TPSA) is 25.8 Å². The molecular weight excluding hydrogens is 275 g/mol. The minimum absolute atomic E-state index is 0.682. The molecule has 2 rings (SSSR count). The van der Waals surface area contributed by atoms with Gasteiger partial charge in [0.2, 0.25) is 0 Å². The number of aromatic nitrogens is 2. The van der Waals surface area contributed by atoms with E-state index in [9.17, 15) is 0 Å². The fraction of sp³-hybridized carbons (Fsp3) is 0.0909. The predicted molar refractivity (Wildman–Crippen MR) is 65.1 cm³/mol. The zero-order valence-corrected chi connectivity index (χ0v) is 10.2. The van der Waals surface area contributed by atoms with Crippen LogP contribution in [0, 0.1) is 0 Å². The normalized spacial score (nSPS) is 10.3. The van der Waals surface area contributed by atoms with Crippen LogP contribution in [-0.2, 0) is 5.33 Å². The van der Waals surface area contributed by atoms with E-state index in [0.29, 0.717) is 10.4 Å². The molecule has 0 saturated heterocycles. The standard InChI is InChI=1S/C11H8BrClN2/c12-5-9-10(6-15-7-11(9)13)8-1-3-14-4-2-8/h1-4,6-7H,5H2. The molecule has 0 spiro atoms. The lowest BCUT2D eigenvalue weighted by molar-refractivity contribution is 1.26. The van der Waals surface area contributed by atoms with Crippen LogP contribution in [-0.4, -0.2) is 9.97 Å². The molecule has 0 fully saturated rings. The summed E-state index contributed by atoms with van der Waals surface area (Å²) in [4.78, 5) is 8.08. The Morgan fingerprint density at radius 1 is 1.13 bits per heavy atom. The fourth-order valence-corrected chi connectivity index (χ4v) is 2.37. The molecule has 0 aliphatic rings. The largest absolute Gasteiger partial charge is 0.265 e. The molecular formula is C11H8BrClN2. The highest BCUT2D eigenvalue weighted by molar-refractivity contribution is 9.08. The van der Waals surface area contributed by atoms with Crippen molar-refractivity contribution in [2.24, 2.45) is 0 Å². The summed E-state index contributed by atoms with van der Waals surface area (Å²) < 4.78 is 0. The summed E-state index contributed by atoms with van der Waals surface area (Å²) in [6.07, 6.45) is 6.99. The van der Waals surface area contributed by atoms with Crippen LogP contribution in [0.4, 0.5) is 0 Å². The highest BCUT2D eigenvalue weighted by Gasteiger charge is 2.07. The molecule has 0 N–H and O–H groups in total. The summed E-state index contributed by atoms with van der Waals surface area (Å²) in [6.45, 7) is 0. The number of hydrogen-bond acceptors (Lipinski definition) is 2. The van der Waals surface area contributed by atoms with Crippen molar-refractivity contribution in [3.8, 4) is 11.1 Å². The summed E-state index contributed by atoms with van der Waals surface area (Å²) in [5, 5.41) is 1.40. The van der Waals surface area contributed by atoms with Gasteiger partial charge in [-0.2, -0.15) is 0 Å². The summed E-state index contributed by atoms with van der Waals surface area (Å²) in [7, 11) is 0. The van der Waals surface area contributed by atoms with Crippen LogP contribution >= 0.6 is 27.5 Å². The van der Waals surface area contributed by atoms with Gasteiger partial charge in [0.25, 0.3) is 0 Å². The molecule has 15 heavy (non-hydrogen) atoms. The van der Waals surface area contributed by atoms with Crippen molar-refractivity contribution in [2.45, 2.75) is 5.33 Å². The fourth-order valence-electron chi connectivity index (χ4n) is 1.38. The Labute approximate surface area is 101 Å². The summed E-state index contributed by atoms with van der Waals surface area (Å²) in [6, 6.07) is 3.89. The van der Waals surface area contributed by atoms with Crippen LogP contribution < -0.4 is 0 Å². The van der Waals surface area contributed by atoms with Gasteiger partial charge in [-0.1, -0.05) is 27.5 Å². The van der Waals surface area contributed by atoms with E-state index in [1.807, 2.05) is 18.3 Å². The lowest BCUT2D eigenvalue weighted by atomic mass is 10.0. The second kappa shape index (κ2) is 4.73. The Balaban J connectivity index is 2.58. The number of halogens is 2. The lowest BCUT2D eigenvalue weighted by Crippen LogP contribution is -1.89. The highest BCUT2D eigenvalue weighted by atomic mass is 79.9. The van der Waals surface area contributed by atoms with Crippen molar-refractivity contribution >= 4 is 27.5 Å². The van der Waals surface area contributed by atoms with Gasteiger partial charge in [0.1, 0.15) is 0 Å². The van der Waals surface area contributed by atoms with E-state index in [-0.39, 0.29) is 0 Å². The molecule has 2 aromatic heterocycles. The molecule has 0 amide bonds. The highest BCUT2D eigenvalue weighted by Crippen LogP contribution is 2.29. The lowest BCUT2D eigenvalue weighted by Gasteiger charge is -2.07. The second-order valence-corrected chi connectivity index (χ2v) is 3.98. The van der Waals surface area contributed by atoms with E-state index in [2.05, 4.69) is 25.9 Å². The summed E-state index contributed by atoms with van der Waals surface area (Å²) >= 11 is 9.50. The minimum Gasteiger partial charge on any atom is -0.265 e. The van der Waals surface area contributed by atoms with Gasteiger partial charge in [0.15, 0.2) is 0 Å². The van der Waals surface area contributed by atoms with Crippen LogP contribution in [0.15, 0.2) is 36.9 Å². The molecule has 0 aliphatic heterocycles. The first-order valence-electron chi connectivity index (χ1n) is 4.41. The summed E-state index contributed by atoms with van der Waals surface area (Å²) in [5.41, 5.74) is 3.18. The zero-order chi connectivity index (χ0) is 10.7. The smallest absolute Gasteiger partial charge is 0.0636 e. The van der Waals surface area contributed by atoms with Crippen molar-refractivity contribution in [2.75, 3.05) is 0 Å². The maximum absolute atomic E-state index is 6.07. The van der Waals surface area contributed by atoms with Gasteiger partial charge in [-0.3, -0.25) is 9.97 Å². The van der Waals surface area contributed by atoms with E-state index < -0.39 is 0 Å². The molecule has 0 aromatic carbocycles. The third kappa shape index (κ3) is 2.19. The maximum atomic E-state index is 6.07. The number of rotatable bonds is 2. The Bertz CT molecular complexity index is 459. The van der Waals surface area contributed by atoms with Gasteiger partial charge in [0, 0.05) is 35.7 Å². The first-order valence-corrected chi connectivity index (χ1v) is 5.91. The Kier molecular flexibility index (Phi) is 3.34. The molecule has 0 unspecified atom stereocenters. The molecule has 2 heterocycles. The van der Waals surface area contributed by atoms with E-state index in [1.165, 1.54) is 0 Å².